The van der Waals surface area contributed by atoms with E-state index in [1.54, 1.807) is 0 Å². The van der Waals surface area contributed by atoms with Crippen molar-refractivity contribution in [1.29, 1.82) is 0 Å². The van der Waals surface area contributed by atoms with E-state index in [1.807, 2.05) is 6.92 Å². The summed E-state index contributed by atoms with van der Waals surface area (Å²) in [7, 11) is 0. The van der Waals surface area contributed by atoms with Crippen LogP contribution in [0.3, 0.4) is 0 Å². The smallest absolute Gasteiger partial charge is 0.119 e. The van der Waals surface area contributed by atoms with Gasteiger partial charge in [0.05, 0.1) is 6.61 Å². The maximum atomic E-state index is 5.58. The van der Waals surface area contributed by atoms with E-state index >= 15 is 0 Å². The molecule has 3 rings (SSSR count). The number of hydrogen-bond donors (Lipinski definition) is 1. The van der Waals surface area contributed by atoms with Crippen LogP contribution in [0.5, 0.6) is 5.75 Å². The molecule has 1 spiro atoms. The summed E-state index contributed by atoms with van der Waals surface area (Å²) in [4.78, 5) is 0. The number of nitrogens with one attached hydrogen (secondary N) is 1. The number of rotatable bonds is 7. The van der Waals surface area contributed by atoms with Crippen molar-refractivity contribution in [1.82, 2.24) is 5.32 Å². The number of benzene rings is 1. The summed E-state index contributed by atoms with van der Waals surface area (Å²) >= 11 is 0. The summed E-state index contributed by atoms with van der Waals surface area (Å²) in [6, 6.07) is 8.88. The quantitative estimate of drug-likeness (QED) is 0.755. The van der Waals surface area contributed by atoms with Gasteiger partial charge in [-0.25, -0.2) is 0 Å². The molecule has 1 N–H and O–H groups in total. The Morgan fingerprint density at radius 1 is 1.10 bits per heavy atom. The summed E-state index contributed by atoms with van der Waals surface area (Å²) < 4.78 is 5.58. The zero-order valence-electron chi connectivity index (χ0n) is 13.6. The molecule has 2 heteroatoms. The third-order valence-electron chi connectivity index (χ3n) is 5.51. The monoisotopic (exact) mass is 287 g/mol. The van der Waals surface area contributed by atoms with Gasteiger partial charge >= 0.3 is 0 Å². The zero-order chi connectivity index (χ0) is 14.8. The van der Waals surface area contributed by atoms with Crippen LogP contribution in [0.2, 0.25) is 0 Å². The maximum absolute atomic E-state index is 5.58. The summed E-state index contributed by atoms with van der Waals surface area (Å²) in [5.41, 5.74) is 2.58. The van der Waals surface area contributed by atoms with Gasteiger partial charge in [-0.1, -0.05) is 25.5 Å². The molecule has 0 aliphatic heterocycles. The molecule has 21 heavy (non-hydrogen) atoms. The van der Waals surface area contributed by atoms with Crippen molar-refractivity contribution in [3.05, 3.63) is 29.8 Å². The molecule has 2 saturated carbocycles. The Balaban J connectivity index is 1.72. The molecule has 1 aromatic carbocycles. The van der Waals surface area contributed by atoms with Gasteiger partial charge in [-0.3, -0.25) is 0 Å². The molecule has 0 radical (unpaired) electrons. The van der Waals surface area contributed by atoms with Crippen LogP contribution in [0.4, 0.5) is 0 Å². The average molecular weight is 287 g/mol. The van der Waals surface area contributed by atoms with Gasteiger partial charge in [-0.15, -0.1) is 0 Å². The second-order valence-corrected chi connectivity index (χ2v) is 7.12. The molecule has 0 unspecified atom stereocenters. The molecule has 2 aliphatic carbocycles. The zero-order valence-corrected chi connectivity index (χ0v) is 13.6. The van der Waals surface area contributed by atoms with Gasteiger partial charge in [0, 0.05) is 12.0 Å². The molecule has 1 aromatic rings. The normalized spacial score (nSPS) is 21.6. The van der Waals surface area contributed by atoms with Crippen molar-refractivity contribution in [2.75, 3.05) is 19.7 Å². The predicted molar refractivity (Wildman–Crippen MR) is 88.0 cm³/mol. The predicted octanol–water partition coefficient (Wildman–Crippen LogP) is 4.29. The van der Waals surface area contributed by atoms with Gasteiger partial charge in [0.1, 0.15) is 5.75 Å². The SMILES string of the molecule is CCCNCC1(c2ccc(OCC)cc2)CC2(CCC2)C1. The summed E-state index contributed by atoms with van der Waals surface area (Å²) in [6.45, 7) is 7.29. The second kappa shape index (κ2) is 6.00. The first-order valence-corrected chi connectivity index (χ1v) is 8.66. The third-order valence-corrected chi connectivity index (χ3v) is 5.51. The van der Waals surface area contributed by atoms with Crippen LogP contribution >= 0.6 is 0 Å². The third kappa shape index (κ3) is 2.83. The Kier molecular flexibility index (Phi) is 4.26. The number of ether oxygens (including phenoxy) is 1. The highest BCUT2D eigenvalue weighted by atomic mass is 16.5. The largest absolute Gasteiger partial charge is 0.494 e. The fraction of sp³-hybridized carbons (Fsp3) is 0.684. The Morgan fingerprint density at radius 3 is 2.33 bits per heavy atom. The second-order valence-electron chi connectivity index (χ2n) is 7.12. The van der Waals surface area contributed by atoms with Crippen molar-refractivity contribution >= 4 is 0 Å². The summed E-state index contributed by atoms with van der Waals surface area (Å²) in [5.74, 6) is 0.996. The fourth-order valence-electron chi connectivity index (χ4n) is 4.42. The topological polar surface area (TPSA) is 21.3 Å². The first-order valence-electron chi connectivity index (χ1n) is 8.66. The Bertz CT molecular complexity index is 453. The lowest BCUT2D eigenvalue weighted by Crippen LogP contribution is -2.57. The standard InChI is InChI=1S/C19H29NO/c1-3-12-20-15-19(13-18(14-19)10-5-11-18)16-6-8-17(9-7-16)21-4-2/h6-9,20H,3-5,10-15H2,1-2H3. The highest BCUT2D eigenvalue weighted by Gasteiger charge is 2.57. The summed E-state index contributed by atoms with van der Waals surface area (Å²) in [5, 5.41) is 3.67. The van der Waals surface area contributed by atoms with Gasteiger partial charge in [0.15, 0.2) is 0 Å². The lowest BCUT2D eigenvalue weighted by Gasteiger charge is -2.62. The minimum atomic E-state index is 0.375. The van der Waals surface area contributed by atoms with E-state index < -0.39 is 0 Å². The lowest BCUT2D eigenvalue weighted by molar-refractivity contribution is -0.0482. The minimum absolute atomic E-state index is 0.375. The Hall–Kier alpha value is -1.02. The summed E-state index contributed by atoms with van der Waals surface area (Å²) in [6.07, 6.45) is 8.33. The van der Waals surface area contributed by atoms with Crippen LogP contribution in [0.15, 0.2) is 24.3 Å². The van der Waals surface area contributed by atoms with Crippen molar-refractivity contribution in [2.24, 2.45) is 5.41 Å². The highest BCUT2D eigenvalue weighted by molar-refractivity contribution is 5.36. The van der Waals surface area contributed by atoms with E-state index in [1.165, 1.54) is 44.1 Å². The van der Waals surface area contributed by atoms with Crippen LogP contribution in [0.1, 0.15) is 57.9 Å². The van der Waals surface area contributed by atoms with E-state index in [9.17, 15) is 0 Å². The van der Waals surface area contributed by atoms with Crippen LogP contribution in [0, 0.1) is 5.41 Å². The van der Waals surface area contributed by atoms with Crippen molar-refractivity contribution in [2.45, 2.75) is 57.8 Å². The molecule has 0 amide bonds. The molecule has 0 atom stereocenters. The highest BCUT2D eigenvalue weighted by Crippen LogP contribution is 2.64. The van der Waals surface area contributed by atoms with Gasteiger partial charge < -0.3 is 10.1 Å². The van der Waals surface area contributed by atoms with E-state index in [0.29, 0.717) is 10.8 Å². The minimum Gasteiger partial charge on any atom is -0.494 e. The molecule has 2 aliphatic rings. The van der Waals surface area contributed by atoms with E-state index in [4.69, 9.17) is 4.74 Å². The molecule has 0 aromatic heterocycles. The van der Waals surface area contributed by atoms with Crippen molar-refractivity contribution < 1.29 is 4.74 Å². The molecule has 0 heterocycles. The molecule has 0 bridgehead atoms. The fourth-order valence-corrected chi connectivity index (χ4v) is 4.42. The molecule has 0 saturated heterocycles. The molecular formula is C19H29NO. The van der Waals surface area contributed by atoms with Gasteiger partial charge in [0.2, 0.25) is 0 Å². The van der Waals surface area contributed by atoms with Crippen molar-refractivity contribution in [3.63, 3.8) is 0 Å². The van der Waals surface area contributed by atoms with Crippen LogP contribution in [0.25, 0.3) is 0 Å². The molecule has 116 valence electrons. The Morgan fingerprint density at radius 2 is 1.81 bits per heavy atom. The van der Waals surface area contributed by atoms with Crippen LogP contribution in [-0.2, 0) is 5.41 Å². The van der Waals surface area contributed by atoms with Crippen molar-refractivity contribution in [3.8, 4) is 5.75 Å². The van der Waals surface area contributed by atoms with E-state index in [2.05, 4.69) is 36.5 Å². The van der Waals surface area contributed by atoms with E-state index in [-0.39, 0.29) is 0 Å². The van der Waals surface area contributed by atoms with Gasteiger partial charge in [0.25, 0.3) is 0 Å². The first kappa shape index (κ1) is 14.9. The average Bonchev–Trinajstić information content (AvgIpc) is 2.41. The molecular weight excluding hydrogens is 258 g/mol. The maximum Gasteiger partial charge on any atom is 0.119 e. The van der Waals surface area contributed by atoms with Gasteiger partial charge in [-0.05, 0) is 68.7 Å². The van der Waals surface area contributed by atoms with Gasteiger partial charge in [-0.2, -0.15) is 0 Å². The Labute approximate surface area is 129 Å². The van der Waals surface area contributed by atoms with Crippen LogP contribution < -0.4 is 10.1 Å². The lowest BCUT2D eigenvalue weighted by atomic mass is 9.43. The molecule has 2 nitrogen and oxygen atoms in total. The molecule has 2 fully saturated rings. The first-order chi connectivity index (χ1) is 10.2. The van der Waals surface area contributed by atoms with Crippen LogP contribution in [-0.4, -0.2) is 19.7 Å². The number of hydrogen-bond acceptors (Lipinski definition) is 2. The van der Waals surface area contributed by atoms with E-state index in [0.717, 1.165) is 25.4 Å².